The van der Waals surface area contributed by atoms with Gasteiger partial charge < -0.3 is 14.4 Å². The number of rotatable bonds is 2. The van der Waals surface area contributed by atoms with Gasteiger partial charge in [-0.05, 0) is 48.7 Å². The Balaban J connectivity index is 2.11. The van der Waals surface area contributed by atoms with Crippen LogP contribution in [0.15, 0.2) is 15.2 Å². The quantitative estimate of drug-likeness (QED) is 0.912. The van der Waals surface area contributed by atoms with Crippen molar-refractivity contribution in [2.75, 3.05) is 13.1 Å². The van der Waals surface area contributed by atoms with E-state index in [1.54, 1.807) is 17.9 Å². The molecule has 1 saturated heterocycles. The molecule has 0 aliphatic carbocycles. The van der Waals surface area contributed by atoms with E-state index in [4.69, 9.17) is 4.42 Å². The third kappa shape index (κ3) is 2.78. The number of halogens is 1. The van der Waals surface area contributed by atoms with E-state index in [2.05, 4.69) is 15.9 Å². The molecule has 5 heteroatoms. The standard InChI is InChI=1S/C13H18BrNO3/c1-8-6-11(14)18-12(8)13(17)15-5-3-4-10(7-15)9(2)16/h6,9-10,16H,3-5,7H2,1-2H3. The number of amides is 1. The molecule has 1 aromatic heterocycles. The first-order chi connectivity index (χ1) is 8.49. The van der Waals surface area contributed by atoms with Gasteiger partial charge in [-0.15, -0.1) is 0 Å². The van der Waals surface area contributed by atoms with Gasteiger partial charge in [0.15, 0.2) is 10.4 Å². The molecular formula is C13H18BrNO3. The maximum atomic E-state index is 12.3. The molecule has 0 spiro atoms. The molecule has 1 aliphatic heterocycles. The first kappa shape index (κ1) is 13.6. The van der Waals surface area contributed by atoms with E-state index in [9.17, 15) is 9.90 Å². The number of furan rings is 1. The summed E-state index contributed by atoms with van der Waals surface area (Å²) in [4.78, 5) is 14.1. The summed E-state index contributed by atoms with van der Waals surface area (Å²) in [6, 6.07) is 1.79. The van der Waals surface area contributed by atoms with Crippen molar-refractivity contribution in [3.63, 3.8) is 0 Å². The summed E-state index contributed by atoms with van der Waals surface area (Å²) in [7, 11) is 0. The van der Waals surface area contributed by atoms with E-state index in [0.29, 0.717) is 17.0 Å². The Hall–Kier alpha value is -0.810. The number of nitrogens with zero attached hydrogens (tertiary/aromatic N) is 1. The molecule has 1 fully saturated rings. The first-order valence-corrected chi connectivity index (χ1v) is 7.01. The fourth-order valence-corrected chi connectivity index (χ4v) is 2.89. The van der Waals surface area contributed by atoms with Crippen LogP contribution in [0.3, 0.4) is 0 Å². The van der Waals surface area contributed by atoms with Crippen LogP contribution in [-0.4, -0.2) is 35.1 Å². The van der Waals surface area contributed by atoms with E-state index in [-0.39, 0.29) is 17.9 Å². The van der Waals surface area contributed by atoms with Crippen LogP contribution in [0.4, 0.5) is 0 Å². The zero-order valence-corrected chi connectivity index (χ0v) is 12.2. The van der Waals surface area contributed by atoms with Gasteiger partial charge in [-0.25, -0.2) is 0 Å². The number of aliphatic hydroxyl groups is 1. The number of hydrogen-bond acceptors (Lipinski definition) is 3. The number of aliphatic hydroxyl groups excluding tert-OH is 1. The van der Waals surface area contributed by atoms with Crippen LogP contribution in [-0.2, 0) is 0 Å². The van der Waals surface area contributed by atoms with Crippen LogP contribution in [0, 0.1) is 12.8 Å². The molecule has 100 valence electrons. The Bertz CT molecular complexity index is 441. The summed E-state index contributed by atoms with van der Waals surface area (Å²) in [5, 5.41) is 9.64. The largest absolute Gasteiger partial charge is 0.444 e. The van der Waals surface area contributed by atoms with Crippen LogP contribution in [0.1, 0.15) is 35.9 Å². The minimum absolute atomic E-state index is 0.0800. The van der Waals surface area contributed by atoms with Crippen LogP contribution >= 0.6 is 15.9 Å². The number of aryl methyl sites for hydroxylation is 1. The van der Waals surface area contributed by atoms with E-state index >= 15 is 0 Å². The monoisotopic (exact) mass is 315 g/mol. The predicted molar refractivity (Wildman–Crippen MR) is 71.5 cm³/mol. The molecule has 1 aromatic rings. The van der Waals surface area contributed by atoms with Gasteiger partial charge in [0.1, 0.15) is 0 Å². The molecule has 1 aliphatic rings. The molecule has 2 rings (SSSR count). The minimum Gasteiger partial charge on any atom is -0.444 e. The highest BCUT2D eigenvalue weighted by Crippen LogP contribution is 2.25. The Morgan fingerprint density at radius 3 is 2.94 bits per heavy atom. The van der Waals surface area contributed by atoms with Crippen molar-refractivity contribution in [3.8, 4) is 0 Å². The summed E-state index contributed by atoms with van der Waals surface area (Å²) in [6.07, 6.45) is 1.54. The molecule has 2 unspecified atom stereocenters. The summed E-state index contributed by atoms with van der Waals surface area (Å²) in [5.41, 5.74) is 0.839. The molecule has 0 saturated carbocycles. The van der Waals surface area contributed by atoms with Crippen molar-refractivity contribution in [2.45, 2.75) is 32.8 Å². The molecule has 4 nitrogen and oxygen atoms in total. The van der Waals surface area contributed by atoms with Gasteiger partial charge in [0.25, 0.3) is 5.91 Å². The second kappa shape index (κ2) is 5.45. The molecule has 2 atom stereocenters. The number of likely N-dealkylation sites (tertiary alicyclic amines) is 1. The summed E-state index contributed by atoms with van der Waals surface area (Å²) in [5.74, 6) is 0.484. The fourth-order valence-electron chi connectivity index (χ4n) is 2.39. The molecule has 2 heterocycles. The van der Waals surface area contributed by atoms with Gasteiger partial charge in [-0.2, -0.15) is 0 Å². The Morgan fingerprint density at radius 2 is 2.39 bits per heavy atom. The lowest BCUT2D eigenvalue weighted by molar-refractivity contribution is 0.0441. The normalized spacial score (nSPS) is 22.0. The van der Waals surface area contributed by atoms with Crippen LogP contribution in [0.2, 0.25) is 0 Å². The SMILES string of the molecule is Cc1cc(Br)oc1C(=O)N1CCCC(C(C)O)C1. The topological polar surface area (TPSA) is 53.7 Å². The van der Waals surface area contributed by atoms with Gasteiger partial charge in [0.2, 0.25) is 0 Å². The van der Waals surface area contributed by atoms with Crippen molar-refractivity contribution in [1.82, 2.24) is 4.90 Å². The molecule has 1 N–H and O–H groups in total. The Kier molecular flexibility index (Phi) is 4.12. The van der Waals surface area contributed by atoms with Crippen LogP contribution in [0.25, 0.3) is 0 Å². The third-order valence-corrected chi connectivity index (χ3v) is 3.90. The summed E-state index contributed by atoms with van der Waals surface area (Å²) >= 11 is 3.23. The molecule has 1 amide bonds. The first-order valence-electron chi connectivity index (χ1n) is 6.22. The van der Waals surface area contributed by atoms with Gasteiger partial charge >= 0.3 is 0 Å². The van der Waals surface area contributed by atoms with Crippen molar-refractivity contribution in [3.05, 3.63) is 22.1 Å². The second-order valence-corrected chi connectivity index (χ2v) is 5.74. The van der Waals surface area contributed by atoms with Crippen molar-refractivity contribution >= 4 is 21.8 Å². The number of piperidine rings is 1. The van der Waals surface area contributed by atoms with Gasteiger partial charge in [-0.3, -0.25) is 4.79 Å². The molecule has 0 aromatic carbocycles. The zero-order valence-electron chi connectivity index (χ0n) is 10.6. The second-order valence-electron chi connectivity index (χ2n) is 4.96. The molecular weight excluding hydrogens is 298 g/mol. The van der Waals surface area contributed by atoms with E-state index in [0.717, 1.165) is 24.9 Å². The maximum absolute atomic E-state index is 12.3. The Labute approximate surface area is 115 Å². The zero-order chi connectivity index (χ0) is 13.3. The fraction of sp³-hybridized carbons (Fsp3) is 0.615. The highest BCUT2D eigenvalue weighted by atomic mass is 79.9. The van der Waals surface area contributed by atoms with Crippen molar-refractivity contribution in [2.24, 2.45) is 5.92 Å². The number of carbonyl (C=O) groups is 1. The highest BCUT2D eigenvalue weighted by molar-refractivity contribution is 9.10. The lowest BCUT2D eigenvalue weighted by Crippen LogP contribution is -2.43. The van der Waals surface area contributed by atoms with Gasteiger partial charge in [0.05, 0.1) is 6.10 Å². The van der Waals surface area contributed by atoms with Crippen LogP contribution < -0.4 is 0 Å². The average Bonchev–Trinajstić information content (AvgIpc) is 2.67. The highest BCUT2D eigenvalue weighted by Gasteiger charge is 2.29. The summed E-state index contributed by atoms with van der Waals surface area (Å²) < 4.78 is 5.96. The van der Waals surface area contributed by atoms with E-state index < -0.39 is 0 Å². The number of hydrogen-bond donors (Lipinski definition) is 1. The number of carbonyl (C=O) groups excluding carboxylic acids is 1. The molecule has 18 heavy (non-hydrogen) atoms. The lowest BCUT2D eigenvalue weighted by atomic mass is 9.93. The Morgan fingerprint density at radius 1 is 1.67 bits per heavy atom. The van der Waals surface area contributed by atoms with Gasteiger partial charge in [-0.1, -0.05) is 0 Å². The van der Waals surface area contributed by atoms with Gasteiger partial charge in [0, 0.05) is 24.6 Å². The lowest BCUT2D eigenvalue weighted by Gasteiger charge is -2.33. The van der Waals surface area contributed by atoms with Crippen molar-refractivity contribution < 1.29 is 14.3 Å². The average molecular weight is 316 g/mol. The molecule has 0 radical (unpaired) electrons. The van der Waals surface area contributed by atoms with E-state index in [1.807, 2.05) is 6.92 Å². The minimum atomic E-state index is -0.370. The van der Waals surface area contributed by atoms with Crippen LogP contribution in [0.5, 0.6) is 0 Å². The predicted octanol–water partition coefficient (Wildman–Crippen LogP) is 2.58. The molecule has 0 bridgehead atoms. The summed E-state index contributed by atoms with van der Waals surface area (Å²) in [6.45, 7) is 4.99. The third-order valence-electron chi connectivity index (χ3n) is 3.51. The van der Waals surface area contributed by atoms with E-state index in [1.165, 1.54) is 0 Å². The maximum Gasteiger partial charge on any atom is 0.289 e. The van der Waals surface area contributed by atoms with Crippen molar-refractivity contribution in [1.29, 1.82) is 0 Å². The smallest absolute Gasteiger partial charge is 0.289 e.